The lowest BCUT2D eigenvalue weighted by atomic mass is 10.1. The summed E-state index contributed by atoms with van der Waals surface area (Å²) in [5.74, 6) is 0.350. The largest absolute Gasteiger partial charge is 0.445 e. The van der Waals surface area contributed by atoms with Crippen LogP contribution in [-0.2, 0) is 4.74 Å². The number of rotatable bonds is 3. The minimum absolute atomic E-state index is 0.140. The molecular weight excluding hydrogens is 336 g/mol. The average molecular weight is 347 g/mol. The molecule has 1 rings (SSSR count). The number of hydrogen-bond donors (Lipinski definition) is 1. The van der Waals surface area contributed by atoms with E-state index in [0.717, 1.165) is 5.56 Å². The molecule has 0 aliphatic carbocycles. The van der Waals surface area contributed by atoms with Gasteiger partial charge in [0, 0.05) is 0 Å². The van der Waals surface area contributed by atoms with Gasteiger partial charge in [-0.3, -0.25) is 5.32 Å². The van der Waals surface area contributed by atoms with Crippen LogP contribution in [0.3, 0.4) is 0 Å². The quantitative estimate of drug-likeness (QED) is 0.834. The van der Waals surface area contributed by atoms with Crippen molar-refractivity contribution in [3.05, 3.63) is 16.8 Å². The molecule has 0 saturated heterocycles. The van der Waals surface area contributed by atoms with Crippen LogP contribution in [0.15, 0.2) is 6.07 Å². The molecule has 1 N–H and O–H groups in total. The number of carbonyl (C=O) groups excluding carboxylic acids is 1. The number of carbonyl (C=O) groups is 1. The minimum atomic E-state index is -1.66. The van der Waals surface area contributed by atoms with Crippen molar-refractivity contribution >= 4 is 58.3 Å². The minimum Gasteiger partial charge on any atom is -0.445 e. The Morgan fingerprint density at radius 1 is 1.42 bits per heavy atom. The van der Waals surface area contributed by atoms with Gasteiger partial charge in [0.15, 0.2) is 11.0 Å². The van der Waals surface area contributed by atoms with E-state index in [4.69, 9.17) is 51.1 Å². The smallest absolute Gasteiger partial charge is 0.413 e. The van der Waals surface area contributed by atoms with Crippen molar-refractivity contribution in [1.82, 2.24) is 10.2 Å². The fourth-order valence-electron chi connectivity index (χ4n) is 1.15. The van der Waals surface area contributed by atoms with Crippen LogP contribution in [0.1, 0.15) is 25.3 Å². The Hall–Kier alpha value is -0.490. The summed E-state index contributed by atoms with van der Waals surface area (Å²) in [4.78, 5) is 11.4. The molecule has 1 amide bonds. The van der Waals surface area contributed by atoms with Gasteiger partial charge < -0.3 is 4.74 Å². The molecule has 0 aromatic carbocycles. The number of halogens is 4. The van der Waals surface area contributed by atoms with E-state index in [0.29, 0.717) is 0 Å². The van der Waals surface area contributed by atoms with E-state index in [1.807, 2.05) is 13.8 Å². The molecule has 5 nitrogen and oxygen atoms in total. The van der Waals surface area contributed by atoms with E-state index in [-0.39, 0.29) is 23.5 Å². The van der Waals surface area contributed by atoms with Crippen LogP contribution in [0.5, 0.6) is 0 Å². The van der Waals surface area contributed by atoms with Crippen molar-refractivity contribution in [3.63, 3.8) is 0 Å². The van der Waals surface area contributed by atoms with Crippen LogP contribution < -0.4 is 5.32 Å². The maximum atomic E-state index is 11.4. The molecule has 0 unspecified atom stereocenters. The molecule has 0 aliphatic heterocycles. The van der Waals surface area contributed by atoms with Gasteiger partial charge in [-0.2, -0.15) is 0 Å². The third-order valence-corrected chi connectivity index (χ3v) is 2.62. The Labute approximate surface area is 130 Å². The fourth-order valence-corrected chi connectivity index (χ4v) is 1.62. The molecule has 19 heavy (non-hydrogen) atoms. The Kier molecular flexibility index (Phi) is 5.92. The first kappa shape index (κ1) is 16.6. The summed E-state index contributed by atoms with van der Waals surface area (Å²) in [6.45, 7) is 3.50. The predicted molar refractivity (Wildman–Crippen MR) is 76.4 cm³/mol. The number of aromatic nitrogens is 2. The zero-order chi connectivity index (χ0) is 14.6. The Morgan fingerprint density at radius 3 is 2.58 bits per heavy atom. The second kappa shape index (κ2) is 6.79. The summed E-state index contributed by atoms with van der Waals surface area (Å²) < 4.78 is 3.03. The molecule has 0 saturated carbocycles. The first-order valence-corrected chi connectivity index (χ1v) is 6.74. The highest BCUT2D eigenvalue weighted by molar-refractivity contribution is 6.67. The first-order chi connectivity index (χ1) is 8.69. The number of hydrogen-bond acceptors (Lipinski definition) is 4. The molecule has 0 atom stereocenters. The van der Waals surface area contributed by atoms with Crippen LogP contribution in [0.25, 0.3) is 0 Å². The summed E-state index contributed by atoms with van der Waals surface area (Å²) >= 11 is 22.2. The fraction of sp³-hybridized carbons (Fsp3) is 0.500. The van der Waals surface area contributed by atoms with E-state index in [1.54, 1.807) is 6.07 Å². The molecule has 0 bridgehead atoms. The number of amides is 1. The lowest BCUT2D eigenvalue weighted by Gasteiger charge is -2.12. The van der Waals surface area contributed by atoms with Crippen molar-refractivity contribution in [2.45, 2.75) is 23.6 Å². The van der Waals surface area contributed by atoms with Crippen LogP contribution in [0.2, 0.25) is 5.15 Å². The standard InChI is InChI=1S/C10H11Cl4N3O2/c1-5(2)6-3-7(16-17-8(6)11)15-9(18)19-4-10(12,13)14/h3,5H,4H2,1-2H3,(H,15,16,18). The maximum Gasteiger partial charge on any atom is 0.413 e. The molecule has 1 aromatic rings. The van der Waals surface area contributed by atoms with E-state index in [1.165, 1.54) is 0 Å². The molecule has 1 heterocycles. The van der Waals surface area contributed by atoms with E-state index < -0.39 is 9.89 Å². The van der Waals surface area contributed by atoms with Gasteiger partial charge in [-0.1, -0.05) is 60.3 Å². The summed E-state index contributed by atoms with van der Waals surface area (Å²) in [5, 5.41) is 10.1. The number of alkyl halides is 3. The van der Waals surface area contributed by atoms with Gasteiger partial charge in [0.05, 0.1) is 0 Å². The SMILES string of the molecule is CC(C)c1cc(NC(=O)OCC(Cl)(Cl)Cl)nnc1Cl. The second-order valence-corrected chi connectivity index (χ2v) is 6.82. The molecule has 9 heteroatoms. The number of nitrogens with zero attached hydrogens (tertiary/aromatic N) is 2. The molecular formula is C10H11Cl4N3O2. The summed E-state index contributed by atoms with van der Waals surface area (Å²) in [7, 11) is 0. The Bertz CT molecular complexity index is 463. The Morgan fingerprint density at radius 2 is 2.05 bits per heavy atom. The van der Waals surface area contributed by atoms with Crippen LogP contribution in [0, 0.1) is 0 Å². The summed E-state index contributed by atoms with van der Waals surface area (Å²) in [5.41, 5.74) is 0.758. The van der Waals surface area contributed by atoms with Gasteiger partial charge in [-0.25, -0.2) is 4.79 Å². The van der Waals surface area contributed by atoms with Crippen LogP contribution in [0.4, 0.5) is 10.6 Å². The van der Waals surface area contributed by atoms with Gasteiger partial charge >= 0.3 is 6.09 Å². The maximum absolute atomic E-state index is 11.4. The summed E-state index contributed by atoms with van der Waals surface area (Å²) in [6.07, 6.45) is -0.794. The highest BCUT2D eigenvalue weighted by Gasteiger charge is 2.22. The first-order valence-electron chi connectivity index (χ1n) is 5.22. The van der Waals surface area contributed by atoms with Crippen molar-refractivity contribution in [3.8, 4) is 0 Å². The van der Waals surface area contributed by atoms with Crippen molar-refractivity contribution in [2.75, 3.05) is 11.9 Å². The van der Waals surface area contributed by atoms with Crippen molar-refractivity contribution in [1.29, 1.82) is 0 Å². The van der Waals surface area contributed by atoms with Crippen LogP contribution in [-0.4, -0.2) is 26.7 Å². The van der Waals surface area contributed by atoms with E-state index >= 15 is 0 Å². The molecule has 0 radical (unpaired) electrons. The number of nitrogens with one attached hydrogen (secondary N) is 1. The van der Waals surface area contributed by atoms with E-state index in [2.05, 4.69) is 15.5 Å². The topological polar surface area (TPSA) is 64.1 Å². The second-order valence-electron chi connectivity index (χ2n) is 3.95. The lowest BCUT2D eigenvalue weighted by Crippen LogP contribution is -2.22. The molecule has 0 spiro atoms. The van der Waals surface area contributed by atoms with E-state index in [9.17, 15) is 4.79 Å². The van der Waals surface area contributed by atoms with Gasteiger partial charge in [-0.05, 0) is 17.5 Å². The van der Waals surface area contributed by atoms with Gasteiger partial charge in [0.25, 0.3) is 0 Å². The zero-order valence-electron chi connectivity index (χ0n) is 10.1. The highest BCUT2D eigenvalue weighted by Crippen LogP contribution is 2.26. The third kappa shape index (κ3) is 5.99. The number of anilines is 1. The number of ether oxygens (including phenoxy) is 1. The van der Waals surface area contributed by atoms with Crippen molar-refractivity contribution < 1.29 is 9.53 Å². The third-order valence-electron chi connectivity index (χ3n) is 2.00. The monoisotopic (exact) mass is 345 g/mol. The molecule has 0 fully saturated rings. The van der Waals surface area contributed by atoms with Crippen molar-refractivity contribution in [2.24, 2.45) is 0 Å². The van der Waals surface area contributed by atoms with Gasteiger partial charge in [0.1, 0.15) is 6.61 Å². The lowest BCUT2D eigenvalue weighted by molar-refractivity contribution is 0.164. The zero-order valence-corrected chi connectivity index (χ0v) is 13.1. The van der Waals surface area contributed by atoms with Gasteiger partial charge in [0.2, 0.25) is 3.79 Å². The normalized spacial score (nSPS) is 11.5. The highest BCUT2D eigenvalue weighted by atomic mass is 35.6. The molecule has 0 aliphatic rings. The predicted octanol–water partition coefficient (Wildman–Crippen LogP) is 4.17. The average Bonchev–Trinajstić information content (AvgIpc) is 2.28. The Balaban J connectivity index is 2.67. The summed E-state index contributed by atoms with van der Waals surface area (Å²) in [6, 6.07) is 1.61. The van der Waals surface area contributed by atoms with Crippen LogP contribution >= 0.6 is 46.4 Å². The molecule has 1 aromatic heterocycles. The van der Waals surface area contributed by atoms with Gasteiger partial charge in [-0.15, -0.1) is 10.2 Å². The molecule has 106 valence electrons.